The summed E-state index contributed by atoms with van der Waals surface area (Å²) in [6.07, 6.45) is 2.68. The third-order valence-corrected chi connectivity index (χ3v) is 3.21. The SMILES string of the molecule is CCCN(CCO)C(=O)Nc1ccn(Cc2ccccc2)n1. The first-order valence-electron chi connectivity index (χ1n) is 7.47. The summed E-state index contributed by atoms with van der Waals surface area (Å²) in [5.41, 5.74) is 1.15. The van der Waals surface area contributed by atoms with Crippen LogP contribution in [0.1, 0.15) is 18.9 Å². The van der Waals surface area contributed by atoms with Gasteiger partial charge in [0.05, 0.1) is 13.2 Å². The smallest absolute Gasteiger partial charge is 0.323 e. The zero-order chi connectivity index (χ0) is 15.8. The van der Waals surface area contributed by atoms with Crippen LogP contribution in [0.5, 0.6) is 0 Å². The van der Waals surface area contributed by atoms with Crippen molar-refractivity contribution in [1.29, 1.82) is 0 Å². The number of aliphatic hydroxyl groups is 1. The van der Waals surface area contributed by atoms with Gasteiger partial charge in [0.1, 0.15) is 0 Å². The number of carbonyl (C=O) groups excluding carboxylic acids is 1. The molecule has 0 aliphatic rings. The molecule has 0 aliphatic heterocycles. The molecule has 0 saturated heterocycles. The fraction of sp³-hybridized carbons (Fsp3) is 0.375. The molecule has 0 radical (unpaired) electrons. The van der Waals surface area contributed by atoms with Crippen LogP contribution >= 0.6 is 0 Å². The number of amides is 2. The normalized spacial score (nSPS) is 10.5. The number of carbonyl (C=O) groups is 1. The number of nitrogens with one attached hydrogen (secondary N) is 1. The average Bonchev–Trinajstić information content (AvgIpc) is 2.95. The second-order valence-electron chi connectivity index (χ2n) is 5.02. The van der Waals surface area contributed by atoms with Crippen molar-refractivity contribution >= 4 is 11.8 Å². The second kappa shape index (κ2) is 8.19. The van der Waals surface area contributed by atoms with Gasteiger partial charge in [0, 0.05) is 25.4 Å². The fourth-order valence-electron chi connectivity index (χ4n) is 2.18. The Bertz CT molecular complexity index is 577. The van der Waals surface area contributed by atoms with Crippen LogP contribution in [-0.4, -0.2) is 45.5 Å². The molecule has 22 heavy (non-hydrogen) atoms. The summed E-state index contributed by atoms with van der Waals surface area (Å²) in [6.45, 7) is 3.54. The quantitative estimate of drug-likeness (QED) is 0.823. The average molecular weight is 302 g/mol. The van der Waals surface area contributed by atoms with Gasteiger partial charge in [0.2, 0.25) is 0 Å². The summed E-state index contributed by atoms with van der Waals surface area (Å²) in [4.78, 5) is 13.7. The van der Waals surface area contributed by atoms with E-state index in [0.29, 0.717) is 25.5 Å². The lowest BCUT2D eigenvalue weighted by molar-refractivity contribution is 0.188. The molecule has 118 valence electrons. The monoisotopic (exact) mass is 302 g/mol. The zero-order valence-electron chi connectivity index (χ0n) is 12.8. The van der Waals surface area contributed by atoms with E-state index >= 15 is 0 Å². The van der Waals surface area contributed by atoms with Crippen LogP contribution in [0.25, 0.3) is 0 Å². The largest absolute Gasteiger partial charge is 0.395 e. The molecule has 0 atom stereocenters. The van der Waals surface area contributed by atoms with Gasteiger partial charge < -0.3 is 10.0 Å². The van der Waals surface area contributed by atoms with Gasteiger partial charge in [-0.25, -0.2) is 4.79 Å². The molecule has 1 heterocycles. The molecule has 2 aromatic rings. The number of hydrogen-bond acceptors (Lipinski definition) is 3. The first-order valence-corrected chi connectivity index (χ1v) is 7.47. The van der Waals surface area contributed by atoms with Gasteiger partial charge in [-0.2, -0.15) is 5.10 Å². The van der Waals surface area contributed by atoms with Crippen molar-refractivity contribution in [2.45, 2.75) is 19.9 Å². The molecule has 2 rings (SSSR count). The minimum absolute atomic E-state index is 0.0458. The number of anilines is 1. The summed E-state index contributed by atoms with van der Waals surface area (Å²) in [7, 11) is 0. The van der Waals surface area contributed by atoms with Crippen LogP contribution in [0, 0.1) is 0 Å². The van der Waals surface area contributed by atoms with Crippen molar-refractivity contribution in [3.63, 3.8) is 0 Å². The summed E-state index contributed by atoms with van der Waals surface area (Å²) in [5, 5.41) is 16.1. The minimum atomic E-state index is -0.235. The molecule has 0 aliphatic carbocycles. The van der Waals surface area contributed by atoms with Gasteiger partial charge in [0.15, 0.2) is 5.82 Å². The number of aromatic nitrogens is 2. The van der Waals surface area contributed by atoms with Gasteiger partial charge in [-0.05, 0) is 12.0 Å². The van der Waals surface area contributed by atoms with Crippen molar-refractivity contribution in [3.05, 3.63) is 48.2 Å². The third kappa shape index (κ3) is 4.60. The molecular weight excluding hydrogens is 280 g/mol. The van der Waals surface area contributed by atoms with E-state index in [0.717, 1.165) is 12.0 Å². The van der Waals surface area contributed by atoms with E-state index in [-0.39, 0.29) is 12.6 Å². The van der Waals surface area contributed by atoms with E-state index in [1.165, 1.54) is 0 Å². The molecule has 1 aromatic carbocycles. The van der Waals surface area contributed by atoms with Gasteiger partial charge in [-0.1, -0.05) is 37.3 Å². The number of aliphatic hydroxyl groups excluding tert-OH is 1. The standard InChI is InChI=1S/C16H22N4O2/c1-2-9-19(11-12-21)16(22)17-15-8-10-20(18-15)13-14-6-4-3-5-7-14/h3-8,10,21H,2,9,11-13H2,1H3,(H,17,18,22). The Morgan fingerprint density at radius 1 is 1.27 bits per heavy atom. The number of hydrogen-bond donors (Lipinski definition) is 2. The van der Waals surface area contributed by atoms with Gasteiger partial charge >= 0.3 is 6.03 Å². The topological polar surface area (TPSA) is 70.4 Å². The highest BCUT2D eigenvalue weighted by Gasteiger charge is 2.13. The Labute approximate surface area is 130 Å². The van der Waals surface area contributed by atoms with Gasteiger partial charge in [-0.15, -0.1) is 0 Å². The first kappa shape index (κ1) is 16.0. The predicted molar refractivity (Wildman–Crippen MR) is 85.7 cm³/mol. The van der Waals surface area contributed by atoms with Crippen molar-refractivity contribution in [2.75, 3.05) is 25.0 Å². The Morgan fingerprint density at radius 2 is 2.05 bits per heavy atom. The maximum Gasteiger partial charge on any atom is 0.323 e. The van der Waals surface area contributed by atoms with Crippen LogP contribution in [0.4, 0.5) is 10.6 Å². The minimum Gasteiger partial charge on any atom is -0.395 e. The fourth-order valence-corrected chi connectivity index (χ4v) is 2.18. The van der Waals surface area contributed by atoms with Crippen LogP contribution in [0.2, 0.25) is 0 Å². The van der Waals surface area contributed by atoms with E-state index in [1.807, 2.05) is 43.5 Å². The lowest BCUT2D eigenvalue weighted by Gasteiger charge is -2.20. The predicted octanol–water partition coefficient (Wildman–Crippen LogP) is 2.17. The molecule has 0 unspecified atom stereocenters. The summed E-state index contributed by atoms with van der Waals surface area (Å²) in [6, 6.07) is 11.5. The van der Waals surface area contributed by atoms with Crippen molar-refractivity contribution in [1.82, 2.24) is 14.7 Å². The van der Waals surface area contributed by atoms with Crippen molar-refractivity contribution < 1.29 is 9.90 Å². The second-order valence-corrected chi connectivity index (χ2v) is 5.02. The van der Waals surface area contributed by atoms with Crippen molar-refractivity contribution in [2.24, 2.45) is 0 Å². The first-order chi connectivity index (χ1) is 10.7. The lowest BCUT2D eigenvalue weighted by atomic mass is 10.2. The molecule has 2 N–H and O–H groups in total. The molecular formula is C16H22N4O2. The van der Waals surface area contributed by atoms with E-state index in [2.05, 4.69) is 10.4 Å². The molecule has 0 fully saturated rings. The van der Waals surface area contributed by atoms with E-state index < -0.39 is 0 Å². The van der Waals surface area contributed by atoms with Gasteiger partial charge in [0.25, 0.3) is 0 Å². The van der Waals surface area contributed by atoms with E-state index in [4.69, 9.17) is 5.11 Å². The van der Waals surface area contributed by atoms with Gasteiger partial charge in [-0.3, -0.25) is 10.00 Å². The summed E-state index contributed by atoms with van der Waals surface area (Å²) < 4.78 is 1.78. The van der Waals surface area contributed by atoms with Crippen molar-refractivity contribution in [3.8, 4) is 0 Å². The molecule has 0 spiro atoms. The lowest BCUT2D eigenvalue weighted by Crippen LogP contribution is -2.37. The number of nitrogens with zero attached hydrogens (tertiary/aromatic N) is 3. The summed E-state index contributed by atoms with van der Waals surface area (Å²) in [5.74, 6) is 0.514. The summed E-state index contributed by atoms with van der Waals surface area (Å²) >= 11 is 0. The Kier molecular flexibility index (Phi) is 5.97. The van der Waals surface area contributed by atoms with Crippen LogP contribution in [-0.2, 0) is 6.54 Å². The third-order valence-electron chi connectivity index (χ3n) is 3.21. The number of benzene rings is 1. The van der Waals surface area contributed by atoms with E-state index in [1.54, 1.807) is 15.6 Å². The maximum absolute atomic E-state index is 12.1. The molecule has 0 bridgehead atoms. The van der Waals surface area contributed by atoms with Crippen LogP contribution in [0.3, 0.4) is 0 Å². The van der Waals surface area contributed by atoms with E-state index in [9.17, 15) is 4.79 Å². The maximum atomic E-state index is 12.1. The van der Waals surface area contributed by atoms with Crippen LogP contribution < -0.4 is 5.32 Å². The molecule has 1 aromatic heterocycles. The highest BCUT2D eigenvalue weighted by molar-refractivity contribution is 5.88. The number of urea groups is 1. The number of rotatable bonds is 7. The highest BCUT2D eigenvalue weighted by Crippen LogP contribution is 2.07. The Morgan fingerprint density at radius 3 is 2.73 bits per heavy atom. The zero-order valence-corrected chi connectivity index (χ0v) is 12.8. The Hall–Kier alpha value is -2.34. The molecule has 6 nitrogen and oxygen atoms in total. The Balaban J connectivity index is 1.95. The van der Waals surface area contributed by atoms with Crippen LogP contribution in [0.15, 0.2) is 42.6 Å². The molecule has 0 saturated carbocycles. The highest BCUT2D eigenvalue weighted by atomic mass is 16.3. The molecule has 2 amide bonds. The molecule has 6 heteroatoms.